The van der Waals surface area contributed by atoms with Gasteiger partial charge in [-0.1, -0.05) is 24.6 Å². The van der Waals surface area contributed by atoms with E-state index < -0.39 is 6.10 Å². The summed E-state index contributed by atoms with van der Waals surface area (Å²) in [5.41, 5.74) is 0. The third-order valence-electron chi connectivity index (χ3n) is 5.58. The predicted molar refractivity (Wildman–Crippen MR) is 107 cm³/mol. The molecule has 0 spiro atoms. The number of nitrogens with one attached hydrogen (secondary N) is 1. The highest BCUT2D eigenvalue weighted by atomic mass is 32.1. The quantitative estimate of drug-likeness (QED) is 0.702. The molecule has 2 atom stereocenters. The number of piperidine rings is 1. The monoisotopic (exact) mass is 398 g/mol. The number of nitrogens with zero attached hydrogens (tertiary/aromatic N) is 3. The zero-order valence-electron chi connectivity index (χ0n) is 15.4. The number of aromatic nitrogens is 2. The van der Waals surface area contributed by atoms with Crippen LogP contribution in [0.3, 0.4) is 0 Å². The first-order valence-corrected chi connectivity index (χ1v) is 10.5. The van der Waals surface area contributed by atoms with E-state index in [1.54, 1.807) is 0 Å². The van der Waals surface area contributed by atoms with Gasteiger partial charge in [0.15, 0.2) is 0 Å². The summed E-state index contributed by atoms with van der Waals surface area (Å²) in [5.74, 6) is 1.46. The highest BCUT2D eigenvalue weighted by molar-refractivity contribution is 7.20. The minimum absolute atomic E-state index is 0.108. The van der Waals surface area contributed by atoms with Crippen LogP contribution in [0.15, 0.2) is 34.9 Å². The number of amides is 1. The van der Waals surface area contributed by atoms with Gasteiger partial charge in [0.05, 0.1) is 11.0 Å². The molecule has 3 aromatic rings. The fraction of sp³-hybridized carbons (Fsp3) is 0.450. The molecule has 2 aromatic heterocycles. The van der Waals surface area contributed by atoms with Crippen LogP contribution in [-0.2, 0) is 0 Å². The average molecular weight is 398 g/mol. The van der Waals surface area contributed by atoms with E-state index in [1.165, 1.54) is 17.8 Å². The van der Waals surface area contributed by atoms with E-state index in [9.17, 15) is 9.90 Å². The van der Waals surface area contributed by atoms with Gasteiger partial charge in [-0.15, -0.1) is 11.3 Å². The van der Waals surface area contributed by atoms with Crippen molar-refractivity contribution in [2.75, 3.05) is 18.0 Å². The third-order valence-corrected chi connectivity index (χ3v) is 6.70. The Bertz CT molecular complexity index is 963. The lowest BCUT2D eigenvalue weighted by Crippen LogP contribution is -2.53. The van der Waals surface area contributed by atoms with Crippen molar-refractivity contribution in [3.63, 3.8) is 0 Å². The van der Waals surface area contributed by atoms with Gasteiger partial charge in [0.1, 0.15) is 0 Å². The largest absolute Gasteiger partial charge is 0.391 e. The van der Waals surface area contributed by atoms with Crippen LogP contribution in [0, 0.1) is 0 Å². The van der Waals surface area contributed by atoms with E-state index in [-0.39, 0.29) is 11.9 Å². The van der Waals surface area contributed by atoms with Crippen LogP contribution < -0.4 is 10.2 Å². The summed E-state index contributed by atoms with van der Waals surface area (Å²) in [7, 11) is 0. The number of carbonyl (C=O) groups is 1. The molecule has 5 rings (SSSR count). The number of fused-ring (bicyclic) bond motifs is 1. The minimum Gasteiger partial charge on any atom is -0.391 e. The van der Waals surface area contributed by atoms with Gasteiger partial charge in [0.2, 0.25) is 5.89 Å². The highest BCUT2D eigenvalue weighted by Crippen LogP contribution is 2.36. The second-order valence-electron chi connectivity index (χ2n) is 7.67. The molecule has 1 aromatic carbocycles. The Balaban J connectivity index is 1.28. The van der Waals surface area contributed by atoms with E-state index in [0.29, 0.717) is 42.1 Å². The molecule has 1 saturated carbocycles. The number of benzene rings is 1. The summed E-state index contributed by atoms with van der Waals surface area (Å²) in [5, 5.41) is 18.5. The molecule has 2 fully saturated rings. The SMILES string of the molecule is O=C(N[C@H]1C[C@@H](O)CN(c2noc(C3CCC3)n2)C1)c1cc2ccccc2s1. The summed E-state index contributed by atoms with van der Waals surface area (Å²) < 4.78 is 6.50. The first-order chi connectivity index (χ1) is 13.7. The van der Waals surface area contributed by atoms with Gasteiger partial charge < -0.3 is 19.8 Å². The average Bonchev–Trinajstić information content (AvgIpc) is 3.26. The topological polar surface area (TPSA) is 91.5 Å². The Morgan fingerprint density at radius 1 is 1.29 bits per heavy atom. The van der Waals surface area contributed by atoms with Crippen molar-refractivity contribution in [2.24, 2.45) is 0 Å². The molecule has 3 heterocycles. The lowest BCUT2D eigenvalue weighted by molar-refractivity contribution is 0.0898. The van der Waals surface area contributed by atoms with Crippen LogP contribution in [0.25, 0.3) is 10.1 Å². The Morgan fingerprint density at radius 2 is 2.14 bits per heavy atom. The lowest BCUT2D eigenvalue weighted by Gasteiger charge is -2.35. The highest BCUT2D eigenvalue weighted by Gasteiger charge is 2.32. The third kappa shape index (κ3) is 3.38. The van der Waals surface area contributed by atoms with Crippen LogP contribution in [0.4, 0.5) is 5.95 Å². The zero-order valence-corrected chi connectivity index (χ0v) is 16.2. The number of β-amino-alcohol motifs (C(OH)–C–C–N with tert-alkyl or cyclic N) is 1. The Morgan fingerprint density at radius 3 is 2.93 bits per heavy atom. The van der Waals surface area contributed by atoms with Crippen LogP contribution in [0.1, 0.15) is 47.2 Å². The van der Waals surface area contributed by atoms with E-state index in [2.05, 4.69) is 15.5 Å². The first kappa shape index (κ1) is 17.6. The summed E-state index contributed by atoms with van der Waals surface area (Å²) >= 11 is 1.48. The van der Waals surface area contributed by atoms with Crippen molar-refractivity contribution in [1.82, 2.24) is 15.5 Å². The molecule has 7 nitrogen and oxygen atoms in total. The van der Waals surface area contributed by atoms with Crippen molar-refractivity contribution in [1.29, 1.82) is 0 Å². The molecule has 1 amide bonds. The summed E-state index contributed by atoms with van der Waals surface area (Å²) in [6.07, 6.45) is 3.36. The number of rotatable bonds is 4. The van der Waals surface area contributed by atoms with E-state index in [4.69, 9.17) is 4.52 Å². The molecule has 2 aliphatic rings. The maximum atomic E-state index is 12.7. The van der Waals surface area contributed by atoms with E-state index >= 15 is 0 Å². The molecule has 0 unspecified atom stereocenters. The van der Waals surface area contributed by atoms with Crippen molar-refractivity contribution >= 4 is 33.3 Å². The van der Waals surface area contributed by atoms with Gasteiger partial charge in [-0.25, -0.2) is 0 Å². The molecule has 1 aliphatic carbocycles. The fourth-order valence-corrected chi connectivity index (χ4v) is 4.83. The minimum atomic E-state index is -0.549. The molecule has 0 radical (unpaired) electrons. The second kappa shape index (κ2) is 7.18. The van der Waals surface area contributed by atoms with Crippen molar-refractivity contribution in [2.45, 2.75) is 43.7 Å². The van der Waals surface area contributed by atoms with Gasteiger partial charge in [-0.3, -0.25) is 4.79 Å². The predicted octanol–water partition coefficient (Wildman–Crippen LogP) is 2.92. The van der Waals surface area contributed by atoms with Gasteiger partial charge in [0, 0.05) is 29.7 Å². The normalized spacial score (nSPS) is 23.0. The molecule has 8 heteroatoms. The van der Waals surface area contributed by atoms with Crippen LogP contribution in [-0.4, -0.2) is 46.4 Å². The Kier molecular flexibility index (Phi) is 4.52. The Labute approximate surface area is 166 Å². The van der Waals surface area contributed by atoms with Crippen LogP contribution >= 0.6 is 11.3 Å². The number of hydrogen-bond acceptors (Lipinski definition) is 7. The van der Waals surface area contributed by atoms with Crippen molar-refractivity contribution in [3.8, 4) is 0 Å². The number of thiophene rings is 1. The molecule has 1 saturated heterocycles. The van der Waals surface area contributed by atoms with Crippen molar-refractivity contribution in [3.05, 3.63) is 41.1 Å². The zero-order chi connectivity index (χ0) is 19.1. The number of hydrogen-bond donors (Lipinski definition) is 2. The summed E-state index contributed by atoms with van der Waals surface area (Å²) in [4.78, 5) is 19.8. The molecular formula is C20H22N4O3S. The number of aliphatic hydroxyl groups is 1. The van der Waals surface area contributed by atoms with Crippen molar-refractivity contribution < 1.29 is 14.4 Å². The maximum Gasteiger partial charge on any atom is 0.266 e. The van der Waals surface area contributed by atoms with Gasteiger partial charge in [-0.05, 0) is 41.9 Å². The molecular weight excluding hydrogens is 376 g/mol. The maximum absolute atomic E-state index is 12.7. The molecule has 0 bridgehead atoms. The fourth-order valence-electron chi connectivity index (χ4n) is 3.87. The van der Waals surface area contributed by atoms with E-state index in [1.807, 2.05) is 35.2 Å². The first-order valence-electron chi connectivity index (χ1n) is 9.72. The van der Waals surface area contributed by atoms with Gasteiger partial charge >= 0.3 is 0 Å². The Hall–Kier alpha value is -2.45. The molecule has 2 N–H and O–H groups in total. The van der Waals surface area contributed by atoms with Crippen LogP contribution in [0.5, 0.6) is 0 Å². The lowest BCUT2D eigenvalue weighted by atomic mass is 9.85. The van der Waals surface area contributed by atoms with Crippen LogP contribution in [0.2, 0.25) is 0 Å². The number of carbonyl (C=O) groups excluding carboxylic acids is 1. The van der Waals surface area contributed by atoms with Gasteiger partial charge in [0.25, 0.3) is 11.9 Å². The smallest absolute Gasteiger partial charge is 0.266 e. The molecule has 146 valence electrons. The molecule has 28 heavy (non-hydrogen) atoms. The second-order valence-corrected chi connectivity index (χ2v) is 8.76. The number of anilines is 1. The standard InChI is InChI=1S/C20H22N4O3S/c25-15-9-14(21-18(26)17-8-13-4-1-2-7-16(13)28-17)10-24(11-15)20-22-19(27-23-20)12-5-3-6-12/h1-2,4,7-8,12,14-15,25H,3,5-6,9-11H2,(H,21,26)/t14-,15+/m0/s1. The molecule has 1 aliphatic heterocycles. The van der Waals surface area contributed by atoms with E-state index in [0.717, 1.165) is 22.9 Å². The van der Waals surface area contributed by atoms with Gasteiger partial charge in [-0.2, -0.15) is 4.98 Å². The summed E-state index contributed by atoms with van der Waals surface area (Å²) in [6.45, 7) is 0.996. The summed E-state index contributed by atoms with van der Waals surface area (Å²) in [6, 6.07) is 9.69. The number of aliphatic hydroxyl groups excluding tert-OH is 1.